The maximum absolute atomic E-state index is 12.1. The molecule has 0 fully saturated rings. The molecule has 104 valence electrons. The van der Waals surface area contributed by atoms with Crippen molar-refractivity contribution in [3.05, 3.63) is 27.7 Å². The molecule has 0 amide bonds. The molecule has 1 aliphatic heterocycles. The topological polar surface area (TPSA) is 52.3 Å². The Kier molecular flexibility index (Phi) is 4.99. The largest absolute Gasteiger partial charge is 0.493 e. The Hall–Kier alpha value is -0.870. The van der Waals surface area contributed by atoms with E-state index in [1.165, 1.54) is 5.56 Å². The summed E-state index contributed by atoms with van der Waals surface area (Å²) in [5.41, 5.74) is 7.85. The molecule has 1 unspecified atom stereocenters. The van der Waals surface area contributed by atoms with E-state index in [0.29, 0.717) is 31.9 Å². The van der Waals surface area contributed by atoms with E-state index in [9.17, 15) is 4.79 Å². The first kappa shape index (κ1) is 14.5. The number of Topliss-reactive ketones (excluding diaryl/α,β-unsaturated/α-hetero) is 1. The van der Waals surface area contributed by atoms with E-state index in [-0.39, 0.29) is 5.78 Å². The third kappa shape index (κ3) is 3.57. The standard InChI is InChI=1S/C15H20BrNO2/c1-2-10(9-17)5-14(18)8-12-7-13(16)6-11-3-4-19-15(11)12/h6-7,10H,2-5,8-9,17H2,1H3. The molecule has 0 bridgehead atoms. The van der Waals surface area contributed by atoms with E-state index in [1.54, 1.807) is 0 Å². The molecule has 2 rings (SSSR count). The van der Waals surface area contributed by atoms with Crippen LogP contribution < -0.4 is 10.5 Å². The maximum atomic E-state index is 12.1. The van der Waals surface area contributed by atoms with Crippen LogP contribution in [0.4, 0.5) is 0 Å². The van der Waals surface area contributed by atoms with Gasteiger partial charge in [-0.2, -0.15) is 0 Å². The van der Waals surface area contributed by atoms with Crippen LogP contribution in [0.5, 0.6) is 5.75 Å². The summed E-state index contributed by atoms with van der Waals surface area (Å²) in [6.45, 7) is 3.37. The number of halogens is 1. The highest BCUT2D eigenvalue weighted by atomic mass is 79.9. The summed E-state index contributed by atoms with van der Waals surface area (Å²) in [5, 5.41) is 0. The number of carbonyl (C=O) groups is 1. The Labute approximate surface area is 122 Å². The van der Waals surface area contributed by atoms with Gasteiger partial charge >= 0.3 is 0 Å². The zero-order chi connectivity index (χ0) is 13.8. The van der Waals surface area contributed by atoms with Crippen LogP contribution in [0.25, 0.3) is 0 Å². The minimum absolute atomic E-state index is 0.244. The third-order valence-electron chi connectivity index (χ3n) is 3.64. The van der Waals surface area contributed by atoms with Crippen molar-refractivity contribution >= 4 is 21.7 Å². The molecule has 4 heteroatoms. The summed E-state index contributed by atoms with van der Waals surface area (Å²) < 4.78 is 6.66. The summed E-state index contributed by atoms with van der Waals surface area (Å²) in [6, 6.07) is 4.07. The van der Waals surface area contributed by atoms with Crippen molar-refractivity contribution in [1.82, 2.24) is 0 Å². The second-order valence-electron chi connectivity index (χ2n) is 5.08. The average Bonchev–Trinajstić information content (AvgIpc) is 2.84. The van der Waals surface area contributed by atoms with Crippen molar-refractivity contribution in [3.63, 3.8) is 0 Å². The SMILES string of the molecule is CCC(CN)CC(=O)Cc1cc(Br)cc2c1OCC2. The lowest BCUT2D eigenvalue weighted by atomic mass is 9.95. The van der Waals surface area contributed by atoms with Crippen molar-refractivity contribution < 1.29 is 9.53 Å². The number of carbonyl (C=O) groups excluding carboxylic acids is 1. The summed E-state index contributed by atoms with van der Waals surface area (Å²) in [5.74, 6) is 1.46. The normalized spacial score (nSPS) is 14.9. The predicted octanol–water partition coefficient (Wildman–Crippen LogP) is 2.87. The summed E-state index contributed by atoms with van der Waals surface area (Å²) >= 11 is 3.50. The van der Waals surface area contributed by atoms with E-state index in [1.807, 2.05) is 6.07 Å². The van der Waals surface area contributed by atoms with Gasteiger partial charge in [0.15, 0.2) is 0 Å². The van der Waals surface area contributed by atoms with Gasteiger partial charge in [-0.1, -0.05) is 29.3 Å². The van der Waals surface area contributed by atoms with E-state index in [2.05, 4.69) is 28.9 Å². The number of benzene rings is 1. The number of ketones is 1. The first-order valence-corrected chi connectivity index (χ1v) is 7.59. The summed E-state index contributed by atoms with van der Waals surface area (Å²) in [7, 11) is 0. The van der Waals surface area contributed by atoms with Crippen LogP contribution in [-0.2, 0) is 17.6 Å². The second-order valence-corrected chi connectivity index (χ2v) is 6.00. The van der Waals surface area contributed by atoms with Gasteiger partial charge in [-0.05, 0) is 30.2 Å². The highest BCUT2D eigenvalue weighted by Gasteiger charge is 2.20. The lowest BCUT2D eigenvalue weighted by Gasteiger charge is -2.12. The Morgan fingerprint density at radius 2 is 2.32 bits per heavy atom. The molecule has 3 nitrogen and oxygen atoms in total. The van der Waals surface area contributed by atoms with E-state index < -0.39 is 0 Å². The minimum Gasteiger partial charge on any atom is -0.493 e. The smallest absolute Gasteiger partial charge is 0.137 e. The third-order valence-corrected chi connectivity index (χ3v) is 4.10. The molecule has 1 aromatic carbocycles. The molecule has 0 saturated carbocycles. The fraction of sp³-hybridized carbons (Fsp3) is 0.533. The molecular weight excluding hydrogens is 306 g/mol. The number of rotatable bonds is 6. The molecule has 19 heavy (non-hydrogen) atoms. The van der Waals surface area contributed by atoms with Gasteiger partial charge in [-0.3, -0.25) is 4.79 Å². The molecule has 1 atom stereocenters. The number of ether oxygens (including phenoxy) is 1. The fourth-order valence-corrected chi connectivity index (χ4v) is 3.03. The number of nitrogens with two attached hydrogens (primary N) is 1. The minimum atomic E-state index is 0.244. The van der Waals surface area contributed by atoms with Crippen LogP contribution in [0.3, 0.4) is 0 Å². The molecule has 0 saturated heterocycles. The monoisotopic (exact) mass is 325 g/mol. The molecule has 2 N–H and O–H groups in total. The number of fused-ring (bicyclic) bond motifs is 1. The second kappa shape index (κ2) is 6.53. The van der Waals surface area contributed by atoms with Gasteiger partial charge in [0.2, 0.25) is 0 Å². The van der Waals surface area contributed by atoms with Crippen LogP contribution in [0.15, 0.2) is 16.6 Å². The summed E-state index contributed by atoms with van der Waals surface area (Å²) in [4.78, 5) is 12.1. The van der Waals surface area contributed by atoms with Gasteiger partial charge < -0.3 is 10.5 Å². The van der Waals surface area contributed by atoms with Crippen molar-refractivity contribution in [2.24, 2.45) is 11.7 Å². The highest BCUT2D eigenvalue weighted by molar-refractivity contribution is 9.10. The van der Waals surface area contributed by atoms with Gasteiger partial charge in [0.25, 0.3) is 0 Å². The zero-order valence-electron chi connectivity index (χ0n) is 11.2. The molecule has 0 aliphatic carbocycles. The van der Waals surface area contributed by atoms with E-state index in [0.717, 1.165) is 28.6 Å². The molecule has 0 spiro atoms. The lowest BCUT2D eigenvalue weighted by Crippen LogP contribution is -2.18. The zero-order valence-corrected chi connectivity index (χ0v) is 12.8. The predicted molar refractivity (Wildman–Crippen MR) is 79.5 cm³/mol. The van der Waals surface area contributed by atoms with Crippen LogP contribution in [0.2, 0.25) is 0 Å². The Morgan fingerprint density at radius 3 is 3.00 bits per heavy atom. The first-order valence-electron chi connectivity index (χ1n) is 6.79. The first-order chi connectivity index (χ1) is 9.13. The number of hydrogen-bond donors (Lipinski definition) is 1. The molecular formula is C15H20BrNO2. The Bertz CT molecular complexity index is 469. The van der Waals surface area contributed by atoms with Gasteiger partial charge in [0.05, 0.1) is 6.61 Å². The lowest BCUT2D eigenvalue weighted by molar-refractivity contribution is -0.119. The average molecular weight is 326 g/mol. The van der Waals surface area contributed by atoms with Crippen LogP contribution in [-0.4, -0.2) is 18.9 Å². The van der Waals surface area contributed by atoms with Crippen molar-refractivity contribution in [3.8, 4) is 5.75 Å². The van der Waals surface area contributed by atoms with Gasteiger partial charge in [0.1, 0.15) is 11.5 Å². The molecule has 0 radical (unpaired) electrons. The molecule has 1 aliphatic rings. The van der Waals surface area contributed by atoms with Gasteiger partial charge in [0, 0.05) is 29.3 Å². The van der Waals surface area contributed by atoms with Crippen molar-refractivity contribution in [1.29, 1.82) is 0 Å². The van der Waals surface area contributed by atoms with E-state index in [4.69, 9.17) is 10.5 Å². The molecule has 0 aromatic heterocycles. The van der Waals surface area contributed by atoms with Crippen molar-refractivity contribution in [2.45, 2.75) is 32.6 Å². The fourth-order valence-electron chi connectivity index (χ4n) is 2.48. The van der Waals surface area contributed by atoms with Crippen molar-refractivity contribution in [2.75, 3.05) is 13.2 Å². The van der Waals surface area contributed by atoms with Crippen LogP contribution >= 0.6 is 15.9 Å². The quantitative estimate of drug-likeness (QED) is 0.874. The Balaban J connectivity index is 2.09. The Morgan fingerprint density at radius 1 is 1.53 bits per heavy atom. The maximum Gasteiger partial charge on any atom is 0.137 e. The van der Waals surface area contributed by atoms with Crippen LogP contribution in [0, 0.1) is 5.92 Å². The summed E-state index contributed by atoms with van der Waals surface area (Å²) in [6.07, 6.45) is 2.89. The number of hydrogen-bond acceptors (Lipinski definition) is 3. The van der Waals surface area contributed by atoms with Gasteiger partial charge in [-0.25, -0.2) is 0 Å². The van der Waals surface area contributed by atoms with E-state index >= 15 is 0 Å². The van der Waals surface area contributed by atoms with Gasteiger partial charge in [-0.15, -0.1) is 0 Å². The molecule has 1 heterocycles. The highest BCUT2D eigenvalue weighted by Crippen LogP contribution is 2.33. The van der Waals surface area contributed by atoms with Crippen LogP contribution in [0.1, 0.15) is 30.9 Å². The molecule has 1 aromatic rings.